The number of hydrogen-bond acceptors (Lipinski definition) is 5. The molecule has 2 rings (SSSR count). The van der Waals surface area contributed by atoms with Crippen molar-refractivity contribution < 1.29 is 0 Å². The molecule has 4 nitrogen and oxygen atoms in total. The van der Waals surface area contributed by atoms with Gasteiger partial charge >= 0.3 is 0 Å². The molecule has 18 heavy (non-hydrogen) atoms. The minimum absolute atomic E-state index is 0.840. The van der Waals surface area contributed by atoms with Gasteiger partial charge in [0.25, 0.3) is 0 Å². The van der Waals surface area contributed by atoms with E-state index in [1.165, 1.54) is 4.88 Å². The lowest BCUT2D eigenvalue weighted by molar-refractivity contribution is 0.317. The molecule has 0 atom stereocenters. The number of nitrogens with one attached hydrogen (secondary N) is 1. The first-order valence-electron chi connectivity index (χ1n) is 5.90. The Labute approximate surface area is 112 Å². The maximum Gasteiger partial charge on any atom is 0.126 e. The second kappa shape index (κ2) is 5.93. The maximum absolute atomic E-state index is 4.52. The van der Waals surface area contributed by atoms with Crippen LogP contribution in [0.2, 0.25) is 0 Å². The monoisotopic (exact) mass is 262 g/mol. The van der Waals surface area contributed by atoms with Gasteiger partial charge in [0.2, 0.25) is 0 Å². The van der Waals surface area contributed by atoms with E-state index in [0.717, 1.165) is 30.3 Å². The van der Waals surface area contributed by atoms with Crippen LogP contribution in [0.1, 0.15) is 16.3 Å². The van der Waals surface area contributed by atoms with Crippen molar-refractivity contribution in [2.45, 2.75) is 20.0 Å². The lowest BCUT2D eigenvalue weighted by Gasteiger charge is -2.15. The van der Waals surface area contributed by atoms with Crippen LogP contribution >= 0.6 is 11.3 Å². The average Bonchev–Trinajstić information content (AvgIpc) is 2.75. The van der Waals surface area contributed by atoms with Crippen LogP contribution in [0.5, 0.6) is 0 Å². The van der Waals surface area contributed by atoms with E-state index in [-0.39, 0.29) is 0 Å². The number of nitrogens with zero attached hydrogens (tertiary/aromatic N) is 3. The van der Waals surface area contributed by atoms with Gasteiger partial charge in [-0.15, -0.1) is 11.3 Å². The summed E-state index contributed by atoms with van der Waals surface area (Å²) in [6.45, 7) is 3.81. The number of thiazole rings is 1. The Balaban J connectivity index is 1.98. The molecule has 1 N–H and O–H groups in total. The first-order valence-corrected chi connectivity index (χ1v) is 6.78. The first-order chi connectivity index (χ1) is 8.69. The number of anilines is 1. The van der Waals surface area contributed by atoms with E-state index in [1.807, 2.05) is 24.7 Å². The first kappa shape index (κ1) is 13.0. The molecule has 5 heteroatoms. The Morgan fingerprint density at radius 2 is 2.17 bits per heavy atom. The summed E-state index contributed by atoms with van der Waals surface area (Å²) in [6.07, 6.45) is 0. The summed E-state index contributed by atoms with van der Waals surface area (Å²) in [5.74, 6) is 0.912. The third kappa shape index (κ3) is 3.27. The summed E-state index contributed by atoms with van der Waals surface area (Å²) in [6, 6.07) is 6.05. The summed E-state index contributed by atoms with van der Waals surface area (Å²) in [7, 11) is 3.99. The molecular weight excluding hydrogens is 244 g/mol. The van der Waals surface area contributed by atoms with Crippen LogP contribution < -0.4 is 5.32 Å². The van der Waals surface area contributed by atoms with E-state index in [2.05, 4.69) is 40.2 Å². The molecule has 2 aromatic heterocycles. The van der Waals surface area contributed by atoms with Gasteiger partial charge in [-0.25, -0.2) is 9.97 Å². The van der Waals surface area contributed by atoms with Crippen molar-refractivity contribution >= 4 is 17.2 Å². The number of aryl methyl sites for hydroxylation is 1. The highest BCUT2D eigenvalue weighted by Crippen LogP contribution is 2.15. The normalized spacial score (nSPS) is 10.9. The van der Waals surface area contributed by atoms with Crippen molar-refractivity contribution in [2.75, 3.05) is 19.4 Å². The topological polar surface area (TPSA) is 41.0 Å². The lowest BCUT2D eigenvalue weighted by atomic mass is 10.3. The fourth-order valence-corrected chi connectivity index (χ4v) is 2.62. The molecule has 0 radical (unpaired) electrons. The highest BCUT2D eigenvalue weighted by molar-refractivity contribution is 7.09. The van der Waals surface area contributed by atoms with Crippen molar-refractivity contribution in [3.8, 4) is 0 Å². The van der Waals surface area contributed by atoms with Crippen LogP contribution in [0.15, 0.2) is 23.7 Å². The van der Waals surface area contributed by atoms with E-state index in [1.54, 1.807) is 11.3 Å². The Morgan fingerprint density at radius 1 is 1.33 bits per heavy atom. The molecule has 0 aliphatic carbocycles. The number of pyridine rings is 1. The van der Waals surface area contributed by atoms with Crippen LogP contribution in [0.3, 0.4) is 0 Å². The SMILES string of the molecule is CNc1cccc(CN(C)Cc2scnc2C)n1. The Morgan fingerprint density at radius 3 is 2.83 bits per heavy atom. The quantitative estimate of drug-likeness (QED) is 0.899. The number of aromatic nitrogens is 2. The van der Waals surface area contributed by atoms with Crippen LogP contribution in [-0.4, -0.2) is 29.0 Å². The van der Waals surface area contributed by atoms with Gasteiger partial charge in [-0.1, -0.05) is 6.07 Å². The molecule has 0 saturated carbocycles. The molecule has 0 aliphatic heterocycles. The van der Waals surface area contributed by atoms with Gasteiger partial charge in [0, 0.05) is 25.0 Å². The van der Waals surface area contributed by atoms with Crippen molar-refractivity contribution in [3.63, 3.8) is 0 Å². The van der Waals surface area contributed by atoms with Gasteiger partial charge in [0.05, 0.1) is 16.9 Å². The summed E-state index contributed by atoms with van der Waals surface area (Å²) in [5, 5.41) is 3.06. The summed E-state index contributed by atoms with van der Waals surface area (Å²) in [5.41, 5.74) is 4.11. The van der Waals surface area contributed by atoms with Gasteiger partial charge in [-0.2, -0.15) is 0 Å². The molecule has 0 saturated heterocycles. The minimum Gasteiger partial charge on any atom is -0.373 e. The van der Waals surface area contributed by atoms with E-state index >= 15 is 0 Å². The molecule has 0 spiro atoms. The minimum atomic E-state index is 0.840. The molecule has 0 fully saturated rings. The largest absolute Gasteiger partial charge is 0.373 e. The molecular formula is C13H18N4S. The lowest BCUT2D eigenvalue weighted by Crippen LogP contribution is -2.18. The molecule has 0 unspecified atom stereocenters. The van der Waals surface area contributed by atoms with Crippen LogP contribution in [0, 0.1) is 6.92 Å². The van der Waals surface area contributed by atoms with Crippen molar-refractivity contribution in [3.05, 3.63) is 40.0 Å². The van der Waals surface area contributed by atoms with Crippen molar-refractivity contribution in [1.29, 1.82) is 0 Å². The molecule has 2 aromatic rings. The number of hydrogen-bond donors (Lipinski definition) is 1. The van der Waals surface area contributed by atoms with Crippen molar-refractivity contribution in [1.82, 2.24) is 14.9 Å². The fraction of sp³-hybridized carbons (Fsp3) is 0.385. The Kier molecular flexibility index (Phi) is 4.28. The van der Waals surface area contributed by atoms with E-state index in [0.29, 0.717) is 0 Å². The predicted octanol–water partition coefficient (Wildman–Crippen LogP) is 2.52. The van der Waals surface area contributed by atoms with Gasteiger partial charge in [0.1, 0.15) is 5.82 Å². The fourth-order valence-electron chi connectivity index (χ4n) is 1.76. The summed E-state index contributed by atoms with van der Waals surface area (Å²) in [4.78, 5) is 12.4. The highest BCUT2D eigenvalue weighted by Gasteiger charge is 2.07. The Hall–Kier alpha value is -1.46. The highest BCUT2D eigenvalue weighted by atomic mass is 32.1. The zero-order valence-electron chi connectivity index (χ0n) is 11.0. The molecule has 0 aliphatic rings. The molecule has 0 amide bonds. The Bertz CT molecular complexity index is 509. The van der Waals surface area contributed by atoms with Crippen LogP contribution in [0.4, 0.5) is 5.82 Å². The zero-order valence-corrected chi connectivity index (χ0v) is 11.8. The zero-order chi connectivity index (χ0) is 13.0. The molecule has 2 heterocycles. The van der Waals surface area contributed by atoms with E-state index < -0.39 is 0 Å². The second-order valence-electron chi connectivity index (χ2n) is 4.30. The van der Waals surface area contributed by atoms with Crippen LogP contribution in [0.25, 0.3) is 0 Å². The molecule has 96 valence electrons. The smallest absolute Gasteiger partial charge is 0.126 e. The summed E-state index contributed by atoms with van der Waals surface area (Å²) >= 11 is 1.71. The van der Waals surface area contributed by atoms with Gasteiger partial charge in [-0.05, 0) is 26.1 Å². The molecule has 0 bridgehead atoms. The third-order valence-electron chi connectivity index (χ3n) is 2.75. The maximum atomic E-state index is 4.52. The third-order valence-corrected chi connectivity index (χ3v) is 3.67. The second-order valence-corrected chi connectivity index (χ2v) is 5.24. The molecule has 0 aromatic carbocycles. The number of rotatable bonds is 5. The predicted molar refractivity (Wildman–Crippen MR) is 75.8 cm³/mol. The van der Waals surface area contributed by atoms with Crippen LogP contribution in [-0.2, 0) is 13.1 Å². The standard InChI is InChI=1S/C13H18N4S/c1-10-12(18-9-15-10)8-17(3)7-11-5-4-6-13(14-2)16-11/h4-6,9H,7-8H2,1-3H3,(H,14,16). The van der Waals surface area contributed by atoms with Gasteiger partial charge in [0.15, 0.2) is 0 Å². The van der Waals surface area contributed by atoms with E-state index in [4.69, 9.17) is 0 Å². The van der Waals surface area contributed by atoms with E-state index in [9.17, 15) is 0 Å². The summed E-state index contributed by atoms with van der Waals surface area (Å²) < 4.78 is 0. The average molecular weight is 262 g/mol. The van der Waals surface area contributed by atoms with Gasteiger partial charge < -0.3 is 5.32 Å². The van der Waals surface area contributed by atoms with Gasteiger partial charge in [-0.3, -0.25) is 4.90 Å². The van der Waals surface area contributed by atoms with Crippen molar-refractivity contribution in [2.24, 2.45) is 0 Å².